The molecule has 0 radical (unpaired) electrons. The average molecular weight is 110 g/mol. The minimum atomic E-state index is 1.22. The number of quaternary nitrogens is 1. The average Bonchev–Trinajstić information content (AvgIpc) is 1.90. The lowest BCUT2D eigenvalue weighted by atomic mass is 10.1. The van der Waals surface area contributed by atoms with Gasteiger partial charge in [0.1, 0.15) is 5.70 Å². The maximum Gasteiger partial charge on any atom is 0.106 e. The van der Waals surface area contributed by atoms with E-state index in [-0.39, 0.29) is 0 Å². The molecule has 0 aromatic rings. The van der Waals surface area contributed by atoms with Gasteiger partial charge in [-0.2, -0.15) is 0 Å². The molecule has 0 unspecified atom stereocenters. The van der Waals surface area contributed by atoms with Crippen molar-refractivity contribution >= 4 is 0 Å². The van der Waals surface area contributed by atoms with Gasteiger partial charge in [-0.1, -0.05) is 12.2 Å². The van der Waals surface area contributed by atoms with Crippen LogP contribution in [0.2, 0.25) is 0 Å². The van der Waals surface area contributed by atoms with Gasteiger partial charge < -0.3 is 5.32 Å². The first kappa shape index (κ1) is 5.57. The van der Waals surface area contributed by atoms with Gasteiger partial charge in [0.2, 0.25) is 0 Å². The Morgan fingerprint density at radius 2 is 2.50 bits per heavy atom. The highest BCUT2D eigenvalue weighted by molar-refractivity contribution is 5.11. The van der Waals surface area contributed by atoms with Gasteiger partial charge in [-0.3, -0.25) is 0 Å². The summed E-state index contributed by atoms with van der Waals surface area (Å²) >= 11 is 0. The lowest BCUT2D eigenvalue weighted by Gasteiger charge is -2.00. The van der Waals surface area contributed by atoms with E-state index in [4.69, 9.17) is 0 Å². The van der Waals surface area contributed by atoms with Gasteiger partial charge in [0.05, 0.1) is 7.05 Å². The molecular formula is C7H12N+. The summed E-state index contributed by atoms with van der Waals surface area (Å²) in [6.07, 6.45) is 8.94. The fourth-order valence-electron chi connectivity index (χ4n) is 0.862. The van der Waals surface area contributed by atoms with E-state index in [9.17, 15) is 0 Å². The Balaban J connectivity index is 2.50. The van der Waals surface area contributed by atoms with Crippen LogP contribution in [0.25, 0.3) is 0 Å². The molecule has 1 aliphatic rings. The van der Waals surface area contributed by atoms with E-state index in [2.05, 4.69) is 30.6 Å². The van der Waals surface area contributed by atoms with Crippen LogP contribution in [0.1, 0.15) is 12.8 Å². The summed E-state index contributed by atoms with van der Waals surface area (Å²) in [5, 5.41) is 2.17. The van der Waals surface area contributed by atoms with Crippen LogP contribution >= 0.6 is 0 Å². The minimum Gasteiger partial charge on any atom is -0.320 e. The zero-order valence-electron chi connectivity index (χ0n) is 5.22. The van der Waals surface area contributed by atoms with Crippen molar-refractivity contribution in [3.8, 4) is 0 Å². The molecule has 1 nitrogen and oxygen atoms in total. The van der Waals surface area contributed by atoms with Crippen LogP contribution in [0, 0.1) is 0 Å². The Morgan fingerprint density at radius 3 is 2.88 bits per heavy atom. The van der Waals surface area contributed by atoms with Crippen LogP contribution in [-0.4, -0.2) is 7.05 Å². The molecule has 0 amide bonds. The molecule has 0 aromatic heterocycles. The topological polar surface area (TPSA) is 16.6 Å². The van der Waals surface area contributed by atoms with Gasteiger partial charge in [-0.05, 0) is 12.5 Å². The van der Waals surface area contributed by atoms with E-state index in [0.717, 1.165) is 0 Å². The molecule has 1 heteroatoms. The number of rotatable bonds is 1. The van der Waals surface area contributed by atoms with Gasteiger partial charge >= 0.3 is 0 Å². The van der Waals surface area contributed by atoms with Gasteiger partial charge in [0.25, 0.3) is 0 Å². The molecule has 0 heterocycles. The lowest BCUT2D eigenvalue weighted by molar-refractivity contribution is -0.578. The van der Waals surface area contributed by atoms with Crippen molar-refractivity contribution in [3.63, 3.8) is 0 Å². The molecule has 0 saturated heterocycles. The molecule has 1 aliphatic carbocycles. The lowest BCUT2D eigenvalue weighted by Crippen LogP contribution is -2.77. The van der Waals surface area contributed by atoms with E-state index >= 15 is 0 Å². The van der Waals surface area contributed by atoms with Crippen LogP contribution in [0.15, 0.2) is 23.9 Å². The van der Waals surface area contributed by atoms with Crippen molar-refractivity contribution in [2.24, 2.45) is 0 Å². The van der Waals surface area contributed by atoms with Crippen molar-refractivity contribution in [1.82, 2.24) is 0 Å². The van der Waals surface area contributed by atoms with Crippen molar-refractivity contribution in [3.05, 3.63) is 23.9 Å². The van der Waals surface area contributed by atoms with Crippen LogP contribution < -0.4 is 5.32 Å². The summed E-state index contributed by atoms with van der Waals surface area (Å²) in [6, 6.07) is 0. The second-order valence-corrected chi connectivity index (χ2v) is 2.00. The Kier molecular flexibility index (Phi) is 1.86. The molecule has 0 aliphatic heterocycles. The SMILES string of the molecule is C[NH2+]C1=CC=CCC1. The smallest absolute Gasteiger partial charge is 0.106 e. The van der Waals surface area contributed by atoms with Crippen LogP contribution in [0.3, 0.4) is 0 Å². The van der Waals surface area contributed by atoms with Crippen LogP contribution in [0.4, 0.5) is 0 Å². The third kappa shape index (κ3) is 1.20. The number of nitrogens with two attached hydrogens (primary N) is 1. The van der Waals surface area contributed by atoms with Crippen molar-refractivity contribution < 1.29 is 5.32 Å². The van der Waals surface area contributed by atoms with E-state index < -0.39 is 0 Å². The molecule has 1 rings (SSSR count). The predicted octanol–water partition coefficient (Wildman–Crippen LogP) is 0.414. The largest absolute Gasteiger partial charge is 0.320 e. The van der Waals surface area contributed by atoms with Crippen molar-refractivity contribution in [2.75, 3.05) is 7.05 Å². The van der Waals surface area contributed by atoms with E-state index in [1.807, 2.05) is 0 Å². The van der Waals surface area contributed by atoms with E-state index in [0.29, 0.717) is 0 Å². The zero-order chi connectivity index (χ0) is 5.82. The first-order chi connectivity index (χ1) is 3.93. The fourth-order valence-corrected chi connectivity index (χ4v) is 0.862. The summed E-state index contributed by atoms with van der Waals surface area (Å²) in [5.41, 5.74) is 1.47. The summed E-state index contributed by atoms with van der Waals surface area (Å²) in [6.45, 7) is 0. The highest BCUT2D eigenvalue weighted by atomic mass is 14.8. The first-order valence-corrected chi connectivity index (χ1v) is 3.08. The zero-order valence-corrected chi connectivity index (χ0v) is 5.22. The van der Waals surface area contributed by atoms with Crippen molar-refractivity contribution in [2.45, 2.75) is 12.8 Å². The minimum absolute atomic E-state index is 1.22. The Bertz CT molecular complexity index is 122. The Labute approximate surface area is 50.1 Å². The Hall–Kier alpha value is -0.560. The monoisotopic (exact) mass is 110 g/mol. The Morgan fingerprint density at radius 1 is 1.62 bits per heavy atom. The van der Waals surface area contributed by atoms with Gasteiger partial charge in [-0.15, -0.1) is 0 Å². The van der Waals surface area contributed by atoms with Gasteiger partial charge in [0, 0.05) is 6.42 Å². The molecule has 0 saturated carbocycles. The first-order valence-electron chi connectivity index (χ1n) is 3.08. The predicted molar refractivity (Wildman–Crippen MR) is 34.3 cm³/mol. The summed E-state index contributed by atoms with van der Waals surface area (Å²) in [4.78, 5) is 0. The number of allylic oxidation sites excluding steroid dienone is 4. The molecule has 0 bridgehead atoms. The number of hydrogen-bond donors (Lipinski definition) is 1. The summed E-state index contributed by atoms with van der Waals surface area (Å²) in [7, 11) is 2.09. The van der Waals surface area contributed by atoms with Crippen molar-refractivity contribution in [1.29, 1.82) is 0 Å². The molecule has 0 aromatic carbocycles. The molecule has 44 valence electrons. The normalized spacial score (nSPS) is 18.4. The quantitative estimate of drug-likeness (QED) is 0.503. The van der Waals surface area contributed by atoms with Crippen LogP contribution in [-0.2, 0) is 0 Å². The summed E-state index contributed by atoms with van der Waals surface area (Å²) < 4.78 is 0. The standard InChI is InChI=1S/C7H11N/c1-8-7-5-3-2-4-6-7/h2-3,5,8H,4,6H2,1H3/p+1. The van der Waals surface area contributed by atoms with E-state index in [1.54, 1.807) is 0 Å². The second kappa shape index (κ2) is 2.68. The molecule has 0 fully saturated rings. The molecule has 0 spiro atoms. The van der Waals surface area contributed by atoms with Crippen LogP contribution in [0.5, 0.6) is 0 Å². The third-order valence-electron chi connectivity index (χ3n) is 1.42. The molecule has 8 heavy (non-hydrogen) atoms. The van der Waals surface area contributed by atoms with Gasteiger partial charge in [-0.25, -0.2) is 0 Å². The molecule has 2 N–H and O–H groups in total. The molecule has 0 atom stereocenters. The number of hydrogen-bond acceptors (Lipinski definition) is 0. The highest BCUT2D eigenvalue weighted by Crippen LogP contribution is 2.03. The maximum absolute atomic E-state index is 2.20. The third-order valence-corrected chi connectivity index (χ3v) is 1.42. The fraction of sp³-hybridized carbons (Fsp3) is 0.429. The van der Waals surface area contributed by atoms with Gasteiger partial charge in [0.15, 0.2) is 0 Å². The molecular weight excluding hydrogens is 98.1 g/mol. The summed E-state index contributed by atoms with van der Waals surface area (Å²) in [5.74, 6) is 0. The maximum atomic E-state index is 2.20. The van der Waals surface area contributed by atoms with E-state index in [1.165, 1.54) is 18.5 Å². The second-order valence-electron chi connectivity index (χ2n) is 2.00. The highest BCUT2D eigenvalue weighted by Gasteiger charge is 1.97.